The Morgan fingerprint density at radius 2 is 2.12 bits per heavy atom. The molecule has 3 rings (SSSR count). The highest BCUT2D eigenvalue weighted by atomic mass is 35.5. The van der Waals surface area contributed by atoms with Crippen molar-refractivity contribution in [2.45, 2.75) is 17.9 Å². The first-order valence-corrected chi connectivity index (χ1v) is 10.3. The fraction of sp³-hybridized carbons (Fsp3) is 0.176. The van der Waals surface area contributed by atoms with Crippen molar-refractivity contribution in [1.29, 1.82) is 0 Å². The molecule has 0 fully saturated rings. The van der Waals surface area contributed by atoms with Crippen LogP contribution in [0.25, 0.3) is 0 Å². The van der Waals surface area contributed by atoms with Gasteiger partial charge in [0.25, 0.3) is 0 Å². The number of nitrogens with zero attached hydrogens (tertiary/aromatic N) is 3. The SMILES string of the molecule is C=N/C=N\SSc1cc(Cl)c(CN2CCc3cc(Cl)ccc32)cc1F. The zero-order valence-corrected chi connectivity index (χ0v) is 16.2. The normalized spacial score (nSPS) is 13.5. The summed E-state index contributed by atoms with van der Waals surface area (Å²) in [6.07, 6.45) is 2.23. The van der Waals surface area contributed by atoms with Crippen LogP contribution in [-0.4, -0.2) is 19.6 Å². The van der Waals surface area contributed by atoms with Crippen molar-refractivity contribution < 1.29 is 4.39 Å². The van der Waals surface area contributed by atoms with Gasteiger partial charge in [0.05, 0.1) is 15.9 Å². The van der Waals surface area contributed by atoms with Gasteiger partial charge in [0.1, 0.15) is 12.2 Å². The number of hydrogen-bond acceptors (Lipinski definition) is 4. The molecule has 25 heavy (non-hydrogen) atoms. The lowest BCUT2D eigenvalue weighted by atomic mass is 10.1. The summed E-state index contributed by atoms with van der Waals surface area (Å²) in [5.41, 5.74) is 3.09. The minimum atomic E-state index is -0.311. The lowest BCUT2D eigenvalue weighted by Gasteiger charge is -2.20. The van der Waals surface area contributed by atoms with Crippen molar-refractivity contribution in [3.8, 4) is 0 Å². The number of anilines is 1. The molecule has 0 aromatic heterocycles. The number of fused-ring (bicyclic) bond motifs is 1. The number of rotatable bonds is 6. The standard InChI is InChI=1S/C17H14Cl2FN3S2/c1-21-10-22-25-24-17-8-14(19)12(7-15(17)20)9-23-5-4-11-6-13(18)2-3-16(11)23/h2-3,6-8,10H,1,4-5,9H2/b22-10-. The molecule has 0 saturated carbocycles. The number of benzene rings is 2. The summed E-state index contributed by atoms with van der Waals surface area (Å²) in [6, 6.07) is 8.99. The predicted molar refractivity (Wildman–Crippen MR) is 109 cm³/mol. The number of aliphatic imine (C=N–C) groups is 1. The second-order valence-electron chi connectivity index (χ2n) is 5.38. The van der Waals surface area contributed by atoms with E-state index in [1.165, 1.54) is 28.8 Å². The van der Waals surface area contributed by atoms with Gasteiger partial charge in [0.15, 0.2) is 0 Å². The third-order valence-corrected chi connectivity index (χ3v) is 6.15. The molecule has 0 N–H and O–H groups in total. The highest BCUT2D eigenvalue weighted by Crippen LogP contribution is 2.38. The van der Waals surface area contributed by atoms with Crippen molar-refractivity contribution in [3.05, 3.63) is 57.3 Å². The predicted octanol–water partition coefficient (Wildman–Crippen LogP) is 6.08. The van der Waals surface area contributed by atoms with Crippen LogP contribution in [0.5, 0.6) is 0 Å². The van der Waals surface area contributed by atoms with Gasteiger partial charge in [0.2, 0.25) is 0 Å². The maximum absolute atomic E-state index is 14.3. The molecule has 0 radical (unpaired) electrons. The van der Waals surface area contributed by atoms with Crippen LogP contribution in [0.4, 0.5) is 10.1 Å². The average molecular weight is 414 g/mol. The molecule has 0 saturated heterocycles. The van der Waals surface area contributed by atoms with Crippen molar-refractivity contribution >= 4 is 63.7 Å². The topological polar surface area (TPSA) is 28.0 Å². The molecule has 2 aromatic rings. The van der Waals surface area contributed by atoms with E-state index in [0.29, 0.717) is 16.5 Å². The summed E-state index contributed by atoms with van der Waals surface area (Å²) in [4.78, 5) is 6.12. The molecule has 130 valence electrons. The fourth-order valence-electron chi connectivity index (χ4n) is 2.68. The van der Waals surface area contributed by atoms with Gasteiger partial charge in [-0.05, 0) is 65.4 Å². The summed E-state index contributed by atoms with van der Waals surface area (Å²) >= 11 is 12.4. The largest absolute Gasteiger partial charge is 0.367 e. The number of halogens is 3. The highest BCUT2D eigenvalue weighted by molar-refractivity contribution is 8.76. The zero-order chi connectivity index (χ0) is 17.8. The zero-order valence-electron chi connectivity index (χ0n) is 13.1. The Bertz CT molecular complexity index is 830. The molecule has 0 atom stereocenters. The summed E-state index contributed by atoms with van der Waals surface area (Å²) in [5, 5.41) is 1.27. The van der Waals surface area contributed by atoms with Crippen LogP contribution in [0.3, 0.4) is 0 Å². The van der Waals surface area contributed by atoms with Gasteiger partial charge in [-0.15, -0.1) is 0 Å². The molecular weight excluding hydrogens is 400 g/mol. The monoisotopic (exact) mass is 413 g/mol. The first kappa shape index (κ1) is 18.6. The van der Waals surface area contributed by atoms with Crippen LogP contribution in [0, 0.1) is 5.82 Å². The van der Waals surface area contributed by atoms with E-state index in [-0.39, 0.29) is 5.82 Å². The maximum Gasteiger partial charge on any atom is 0.138 e. The lowest BCUT2D eigenvalue weighted by Crippen LogP contribution is -2.20. The van der Waals surface area contributed by atoms with Crippen LogP contribution < -0.4 is 4.90 Å². The molecule has 1 heterocycles. The molecule has 0 spiro atoms. The first-order valence-electron chi connectivity index (χ1n) is 7.41. The Morgan fingerprint density at radius 1 is 1.28 bits per heavy atom. The summed E-state index contributed by atoms with van der Waals surface area (Å²) in [7, 11) is 2.30. The van der Waals surface area contributed by atoms with Crippen LogP contribution in [-0.2, 0) is 13.0 Å². The Kier molecular flexibility index (Phi) is 6.28. The minimum Gasteiger partial charge on any atom is -0.367 e. The fourth-order valence-corrected chi connectivity index (χ4v) is 4.56. The first-order chi connectivity index (χ1) is 12.1. The summed E-state index contributed by atoms with van der Waals surface area (Å²) in [5.74, 6) is -0.311. The second-order valence-corrected chi connectivity index (χ2v) is 8.14. The van der Waals surface area contributed by atoms with Gasteiger partial charge < -0.3 is 4.90 Å². The third kappa shape index (κ3) is 4.50. The van der Waals surface area contributed by atoms with E-state index in [9.17, 15) is 4.39 Å². The van der Waals surface area contributed by atoms with Crippen molar-refractivity contribution in [3.63, 3.8) is 0 Å². The molecule has 0 aliphatic carbocycles. The van der Waals surface area contributed by atoms with E-state index < -0.39 is 0 Å². The third-order valence-electron chi connectivity index (χ3n) is 3.79. The van der Waals surface area contributed by atoms with Gasteiger partial charge in [-0.1, -0.05) is 23.2 Å². The molecule has 2 aromatic carbocycles. The van der Waals surface area contributed by atoms with E-state index in [1.54, 1.807) is 6.07 Å². The molecule has 1 aliphatic rings. The van der Waals surface area contributed by atoms with Crippen molar-refractivity contribution in [2.24, 2.45) is 9.39 Å². The second kappa shape index (κ2) is 8.45. The van der Waals surface area contributed by atoms with Crippen molar-refractivity contribution in [1.82, 2.24) is 0 Å². The van der Waals surface area contributed by atoms with E-state index in [4.69, 9.17) is 23.2 Å². The van der Waals surface area contributed by atoms with E-state index in [2.05, 4.69) is 21.0 Å². The maximum atomic E-state index is 14.3. The Labute approximate surface area is 163 Å². The lowest BCUT2D eigenvalue weighted by molar-refractivity contribution is 0.599. The Morgan fingerprint density at radius 3 is 2.92 bits per heavy atom. The van der Waals surface area contributed by atoms with Crippen LogP contribution >= 0.6 is 45.0 Å². The van der Waals surface area contributed by atoms with Gasteiger partial charge in [-0.3, -0.25) is 4.99 Å². The quantitative estimate of drug-likeness (QED) is 0.248. The van der Waals surface area contributed by atoms with Crippen molar-refractivity contribution in [2.75, 3.05) is 11.4 Å². The highest BCUT2D eigenvalue weighted by Gasteiger charge is 2.21. The average Bonchev–Trinajstić information content (AvgIpc) is 2.97. The molecule has 3 nitrogen and oxygen atoms in total. The Balaban J connectivity index is 1.75. The van der Waals surface area contributed by atoms with Crippen LogP contribution in [0.15, 0.2) is 44.6 Å². The summed E-state index contributed by atoms with van der Waals surface area (Å²) in [6.45, 7) is 4.71. The van der Waals surface area contributed by atoms with Crippen LogP contribution in [0.1, 0.15) is 11.1 Å². The Hall–Kier alpha value is -1.21. The molecule has 0 amide bonds. The minimum absolute atomic E-state index is 0.311. The van der Waals surface area contributed by atoms with E-state index in [1.807, 2.05) is 18.2 Å². The van der Waals surface area contributed by atoms with E-state index >= 15 is 0 Å². The number of hydrogen-bond donors (Lipinski definition) is 0. The molecule has 0 bridgehead atoms. The van der Waals surface area contributed by atoms with Gasteiger partial charge in [-0.2, -0.15) is 4.40 Å². The molecular formula is C17H14Cl2FN3S2. The van der Waals surface area contributed by atoms with Gasteiger partial charge >= 0.3 is 0 Å². The van der Waals surface area contributed by atoms with Gasteiger partial charge in [0, 0.05) is 28.8 Å². The van der Waals surface area contributed by atoms with E-state index in [0.717, 1.165) is 40.2 Å². The molecule has 0 unspecified atom stereocenters. The molecule has 1 aliphatic heterocycles. The van der Waals surface area contributed by atoms with Gasteiger partial charge in [-0.25, -0.2) is 4.39 Å². The smallest absolute Gasteiger partial charge is 0.138 e. The summed E-state index contributed by atoms with van der Waals surface area (Å²) < 4.78 is 18.2. The van der Waals surface area contributed by atoms with Crippen LogP contribution in [0.2, 0.25) is 10.0 Å². The molecule has 8 heteroatoms.